The van der Waals surface area contributed by atoms with Crippen LogP contribution in [-0.4, -0.2) is 29.6 Å². The molecule has 1 saturated heterocycles. The molecule has 0 saturated carbocycles. The highest BCUT2D eigenvalue weighted by atomic mass is 16.5. The fourth-order valence-corrected chi connectivity index (χ4v) is 4.08. The lowest BCUT2D eigenvalue weighted by Crippen LogP contribution is -2.46. The van der Waals surface area contributed by atoms with Crippen LogP contribution in [0.4, 0.5) is 0 Å². The van der Waals surface area contributed by atoms with Crippen LogP contribution in [0.3, 0.4) is 0 Å². The SMILES string of the molecule is CCOC(=O)[C@@H]1[C@H]2C=C[C@H](C2)N1[C@H](C)c1ccccc1.Cc1ccccc1. The van der Waals surface area contributed by atoms with Crippen molar-refractivity contribution in [2.75, 3.05) is 6.61 Å². The molecule has 27 heavy (non-hydrogen) atoms. The van der Waals surface area contributed by atoms with Crippen molar-refractivity contribution < 1.29 is 9.53 Å². The summed E-state index contributed by atoms with van der Waals surface area (Å²) in [6, 6.07) is 21.1. The van der Waals surface area contributed by atoms with E-state index >= 15 is 0 Å². The number of esters is 1. The Balaban J connectivity index is 0.000000253. The zero-order valence-electron chi connectivity index (χ0n) is 16.4. The first kappa shape index (κ1) is 19.4. The Bertz CT molecular complexity index is 756. The van der Waals surface area contributed by atoms with Gasteiger partial charge < -0.3 is 4.74 Å². The highest BCUT2D eigenvalue weighted by Crippen LogP contribution is 2.42. The molecule has 0 aromatic heterocycles. The lowest BCUT2D eigenvalue weighted by molar-refractivity contribution is -0.150. The lowest BCUT2D eigenvalue weighted by atomic mass is 9.99. The van der Waals surface area contributed by atoms with Crippen LogP contribution in [0.25, 0.3) is 0 Å². The Morgan fingerprint density at radius 3 is 2.26 bits per heavy atom. The third-order valence-corrected chi connectivity index (χ3v) is 5.40. The fraction of sp³-hybridized carbons (Fsp3) is 0.375. The van der Waals surface area contributed by atoms with Crippen molar-refractivity contribution in [3.63, 3.8) is 0 Å². The van der Waals surface area contributed by atoms with Crippen LogP contribution >= 0.6 is 0 Å². The Morgan fingerprint density at radius 1 is 1.07 bits per heavy atom. The van der Waals surface area contributed by atoms with Crippen LogP contribution in [0.5, 0.6) is 0 Å². The molecule has 1 fully saturated rings. The number of carbonyl (C=O) groups excluding carboxylic acids is 1. The number of hydrogen-bond donors (Lipinski definition) is 0. The number of nitrogens with zero attached hydrogens (tertiary/aromatic N) is 1. The van der Waals surface area contributed by atoms with Gasteiger partial charge in [0.2, 0.25) is 0 Å². The summed E-state index contributed by atoms with van der Waals surface area (Å²) in [5.74, 6) is 0.234. The summed E-state index contributed by atoms with van der Waals surface area (Å²) >= 11 is 0. The topological polar surface area (TPSA) is 29.5 Å². The molecule has 0 spiro atoms. The summed E-state index contributed by atoms with van der Waals surface area (Å²) in [7, 11) is 0. The minimum Gasteiger partial charge on any atom is -0.465 e. The zero-order chi connectivity index (χ0) is 19.2. The predicted molar refractivity (Wildman–Crippen MR) is 109 cm³/mol. The number of rotatable bonds is 4. The molecule has 2 bridgehead atoms. The lowest BCUT2D eigenvalue weighted by Gasteiger charge is -2.36. The van der Waals surface area contributed by atoms with Crippen LogP contribution in [0.2, 0.25) is 0 Å². The summed E-state index contributed by atoms with van der Waals surface area (Å²) in [6.07, 6.45) is 5.46. The molecule has 0 N–H and O–H groups in total. The van der Waals surface area contributed by atoms with Crippen molar-refractivity contribution in [1.82, 2.24) is 4.90 Å². The third-order valence-electron chi connectivity index (χ3n) is 5.40. The quantitative estimate of drug-likeness (QED) is 0.569. The molecule has 142 valence electrons. The van der Waals surface area contributed by atoms with Gasteiger partial charge in [-0.25, -0.2) is 0 Å². The normalized spacial score (nSPS) is 24.2. The van der Waals surface area contributed by atoms with E-state index in [4.69, 9.17) is 4.74 Å². The van der Waals surface area contributed by atoms with E-state index in [-0.39, 0.29) is 18.1 Å². The van der Waals surface area contributed by atoms with Crippen molar-refractivity contribution in [1.29, 1.82) is 0 Å². The van der Waals surface area contributed by atoms with E-state index in [1.54, 1.807) is 0 Å². The van der Waals surface area contributed by atoms with Crippen LogP contribution < -0.4 is 0 Å². The first-order valence-corrected chi connectivity index (χ1v) is 9.80. The van der Waals surface area contributed by atoms with Gasteiger partial charge in [0, 0.05) is 18.0 Å². The van der Waals surface area contributed by atoms with Crippen molar-refractivity contribution >= 4 is 5.97 Å². The summed E-state index contributed by atoms with van der Waals surface area (Å²) in [6.45, 7) is 6.58. The summed E-state index contributed by atoms with van der Waals surface area (Å²) < 4.78 is 5.28. The van der Waals surface area contributed by atoms with Gasteiger partial charge in [-0.2, -0.15) is 0 Å². The smallest absolute Gasteiger partial charge is 0.323 e. The largest absolute Gasteiger partial charge is 0.465 e. The van der Waals surface area contributed by atoms with Gasteiger partial charge in [-0.05, 0) is 32.8 Å². The molecule has 4 atom stereocenters. The van der Waals surface area contributed by atoms with Crippen LogP contribution in [-0.2, 0) is 9.53 Å². The van der Waals surface area contributed by atoms with Gasteiger partial charge in [0.25, 0.3) is 0 Å². The maximum absolute atomic E-state index is 12.3. The van der Waals surface area contributed by atoms with E-state index in [9.17, 15) is 4.79 Å². The van der Waals surface area contributed by atoms with Crippen molar-refractivity contribution in [2.24, 2.45) is 5.92 Å². The predicted octanol–water partition coefficient (Wildman–Crippen LogP) is 4.93. The molecule has 1 aliphatic heterocycles. The molecule has 4 rings (SSSR count). The molecule has 0 amide bonds. The molecule has 3 heteroatoms. The number of likely N-dealkylation sites (tertiary alicyclic amines) is 1. The average molecular weight is 364 g/mol. The first-order valence-electron chi connectivity index (χ1n) is 9.80. The monoisotopic (exact) mass is 363 g/mol. The molecule has 2 aromatic rings. The van der Waals surface area contributed by atoms with E-state index in [2.05, 4.69) is 67.3 Å². The number of carbonyl (C=O) groups is 1. The molecule has 1 heterocycles. The van der Waals surface area contributed by atoms with E-state index < -0.39 is 0 Å². The Labute approximate surface area is 162 Å². The van der Waals surface area contributed by atoms with Gasteiger partial charge in [-0.1, -0.05) is 78.4 Å². The minimum atomic E-state index is -0.125. The molecule has 2 aliphatic rings. The second-order valence-electron chi connectivity index (χ2n) is 7.24. The Hall–Kier alpha value is -2.39. The van der Waals surface area contributed by atoms with Crippen LogP contribution in [0.15, 0.2) is 72.8 Å². The third kappa shape index (κ3) is 4.48. The number of benzene rings is 2. The maximum Gasteiger partial charge on any atom is 0.323 e. The molecule has 2 aromatic carbocycles. The van der Waals surface area contributed by atoms with Gasteiger partial charge in [0.15, 0.2) is 0 Å². The fourth-order valence-electron chi connectivity index (χ4n) is 4.08. The summed E-state index contributed by atoms with van der Waals surface area (Å²) in [4.78, 5) is 14.6. The maximum atomic E-state index is 12.3. The van der Waals surface area contributed by atoms with Gasteiger partial charge in [-0.15, -0.1) is 0 Å². The van der Waals surface area contributed by atoms with E-state index in [1.807, 2.05) is 31.2 Å². The zero-order valence-corrected chi connectivity index (χ0v) is 16.4. The van der Waals surface area contributed by atoms with Gasteiger partial charge >= 0.3 is 5.97 Å². The van der Waals surface area contributed by atoms with Gasteiger partial charge in [0.05, 0.1) is 6.61 Å². The molecule has 0 unspecified atom stereocenters. The highest BCUT2D eigenvalue weighted by molar-refractivity contribution is 5.77. The van der Waals surface area contributed by atoms with Gasteiger partial charge in [-0.3, -0.25) is 9.69 Å². The Morgan fingerprint density at radius 2 is 1.70 bits per heavy atom. The standard InChI is InChI=1S/C17H21NO2.C7H8/c1-3-20-17(19)16-14-9-10-15(11-14)18(16)12(2)13-7-5-4-6-8-13;1-7-5-3-2-4-6-7/h4-10,12,14-16H,3,11H2,1-2H3;2-6H,1H3/t12-,14+,15-,16+;/m1./s1. The van der Waals surface area contributed by atoms with Crippen molar-refractivity contribution in [3.8, 4) is 0 Å². The van der Waals surface area contributed by atoms with E-state index in [0.717, 1.165) is 6.42 Å². The van der Waals surface area contributed by atoms with E-state index in [1.165, 1.54) is 11.1 Å². The molecular weight excluding hydrogens is 334 g/mol. The molecular formula is C24H29NO2. The average Bonchev–Trinajstić information content (AvgIpc) is 3.31. The van der Waals surface area contributed by atoms with E-state index in [0.29, 0.717) is 18.6 Å². The first-order chi connectivity index (χ1) is 13.1. The number of hydrogen-bond acceptors (Lipinski definition) is 3. The molecule has 1 aliphatic carbocycles. The van der Waals surface area contributed by atoms with Crippen LogP contribution in [0, 0.1) is 12.8 Å². The molecule has 0 radical (unpaired) electrons. The molecule has 3 nitrogen and oxygen atoms in total. The van der Waals surface area contributed by atoms with Gasteiger partial charge in [0.1, 0.15) is 6.04 Å². The minimum absolute atomic E-state index is 0.0767. The second kappa shape index (κ2) is 9.01. The highest BCUT2D eigenvalue weighted by Gasteiger charge is 2.49. The van der Waals surface area contributed by atoms with Crippen molar-refractivity contribution in [3.05, 3.63) is 83.9 Å². The number of fused-ring (bicyclic) bond motifs is 2. The second-order valence-corrected chi connectivity index (χ2v) is 7.24. The summed E-state index contributed by atoms with van der Waals surface area (Å²) in [5, 5.41) is 0. The summed E-state index contributed by atoms with van der Waals surface area (Å²) in [5.41, 5.74) is 2.57. The number of aryl methyl sites for hydroxylation is 1. The number of ether oxygens (including phenoxy) is 1. The Kier molecular flexibility index (Phi) is 6.46. The van der Waals surface area contributed by atoms with Crippen molar-refractivity contribution in [2.45, 2.75) is 45.3 Å². The van der Waals surface area contributed by atoms with Crippen LogP contribution in [0.1, 0.15) is 37.4 Å².